The number of hydrogen-bond donors (Lipinski definition) is 1. The lowest BCUT2D eigenvalue weighted by atomic mass is 9.94. The first-order valence-electron chi connectivity index (χ1n) is 5.58. The molecule has 1 rings (SSSR count). The van der Waals surface area contributed by atoms with Gasteiger partial charge in [0, 0.05) is 26.7 Å². The predicted octanol–water partition coefficient (Wildman–Crippen LogP) is 1.51. The number of rotatable bonds is 3. The largest absolute Gasteiger partial charge is 0.390 e. The molecule has 0 saturated carbocycles. The fourth-order valence-corrected chi connectivity index (χ4v) is 1.48. The Morgan fingerprint density at radius 2 is 1.79 bits per heavy atom. The Hall–Kier alpha value is -0.120. The minimum atomic E-state index is -0.427. The molecule has 0 amide bonds. The molecular formula is C11H25NO2. The Labute approximate surface area is 88.1 Å². The van der Waals surface area contributed by atoms with Crippen molar-refractivity contribution in [3.63, 3.8) is 0 Å². The number of likely N-dealkylation sites (tertiary alicyclic amines) is 1. The van der Waals surface area contributed by atoms with Crippen molar-refractivity contribution in [1.82, 2.24) is 4.90 Å². The molecule has 14 heavy (non-hydrogen) atoms. The molecule has 1 aliphatic heterocycles. The van der Waals surface area contributed by atoms with Crippen LogP contribution in [0.5, 0.6) is 0 Å². The molecule has 1 heterocycles. The van der Waals surface area contributed by atoms with Crippen LogP contribution in [-0.2, 0) is 4.74 Å². The number of methoxy groups -OCH3 is 1. The van der Waals surface area contributed by atoms with Crippen molar-refractivity contribution in [3.05, 3.63) is 0 Å². The third kappa shape index (κ3) is 5.58. The molecule has 86 valence electrons. The van der Waals surface area contributed by atoms with Crippen molar-refractivity contribution in [2.45, 2.75) is 39.2 Å². The Morgan fingerprint density at radius 1 is 1.29 bits per heavy atom. The van der Waals surface area contributed by atoms with Crippen LogP contribution in [0.25, 0.3) is 0 Å². The van der Waals surface area contributed by atoms with Crippen LogP contribution in [0.3, 0.4) is 0 Å². The minimum absolute atomic E-state index is 0.427. The number of piperidine rings is 1. The van der Waals surface area contributed by atoms with Gasteiger partial charge < -0.3 is 14.7 Å². The normalized spacial score (nSPS) is 21.2. The zero-order valence-corrected chi connectivity index (χ0v) is 10.0. The minimum Gasteiger partial charge on any atom is -0.390 e. The van der Waals surface area contributed by atoms with Crippen molar-refractivity contribution in [2.24, 2.45) is 0 Å². The van der Waals surface area contributed by atoms with E-state index in [1.54, 1.807) is 7.11 Å². The third-order valence-corrected chi connectivity index (χ3v) is 2.54. The monoisotopic (exact) mass is 203 g/mol. The molecule has 0 atom stereocenters. The molecule has 0 radical (unpaired) electrons. The lowest BCUT2D eigenvalue weighted by Crippen LogP contribution is -2.43. The summed E-state index contributed by atoms with van der Waals surface area (Å²) in [6.07, 6.45) is 1.77. The van der Waals surface area contributed by atoms with Crippen LogP contribution >= 0.6 is 0 Å². The molecule has 1 saturated heterocycles. The maximum Gasteiger partial charge on any atom is 0.0644 e. The first kappa shape index (κ1) is 13.9. The van der Waals surface area contributed by atoms with Crippen molar-refractivity contribution in [1.29, 1.82) is 0 Å². The molecule has 1 N–H and O–H groups in total. The van der Waals surface area contributed by atoms with Gasteiger partial charge in [-0.05, 0) is 19.8 Å². The summed E-state index contributed by atoms with van der Waals surface area (Å²) in [6, 6.07) is 0. The Morgan fingerprint density at radius 3 is 2.21 bits per heavy atom. The quantitative estimate of drug-likeness (QED) is 0.754. The maximum atomic E-state index is 9.66. The van der Waals surface area contributed by atoms with Gasteiger partial charge in [0.1, 0.15) is 0 Å². The van der Waals surface area contributed by atoms with E-state index >= 15 is 0 Å². The highest BCUT2D eigenvalue weighted by atomic mass is 16.5. The molecule has 0 aliphatic carbocycles. The van der Waals surface area contributed by atoms with Crippen LogP contribution in [0.1, 0.15) is 33.6 Å². The SMILES string of the molecule is CC.COCCN1CCC(C)(O)CC1. The lowest BCUT2D eigenvalue weighted by Gasteiger charge is -2.35. The van der Waals surface area contributed by atoms with Crippen LogP contribution < -0.4 is 0 Å². The average Bonchev–Trinajstić information content (AvgIpc) is 2.19. The van der Waals surface area contributed by atoms with Crippen LogP contribution in [0, 0.1) is 0 Å². The van der Waals surface area contributed by atoms with Gasteiger partial charge in [-0.25, -0.2) is 0 Å². The van der Waals surface area contributed by atoms with Gasteiger partial charge in [0.25, 0.3) is 0 Å². The first-order valence-corrected chi connectivity index (χ1v) is 5.58. The zero-order chi connectivity index (χ0) is 11.0. The molecule has 0 aromatic heterocycles. The number of ether oxygens (including phenoxy) is 1. The second-order valence-electron chi connectivity index (χ2n) is 3.83. The van der Waals surface area contributed by atoms with Crippen molar-refractivity contribution < 1.29 is 9.84 Å². The molecule has 0 spiro atoms. The van der Waals surface area contributed by atoms with Gasteiger partial charge in [0.05, 0.1) is 12.2 Å². The van der Waals surface area contributed by atoms with E-state index in [-0.39, 0.29) is 0 Å². The molecule has 3 heteroatoms. The van der Waals surface area contributed by atoms with E-state index in [0.29, 0.717) is 0 Å². The zero-order valence-electron chi connectivity index (χ0n) is 10.0. The van der Waals surface area contributed by atoms with Crippen LogP contribution in [0.15, 0.2) is 0 Å². The summed E-state index contributed by atoms with van der Waals surface area (Å²) in [5.74, 6) is 0. The van der Waals surface area contributed by atoms with Gasteiger partial charge in [-0.2, -0.15) is 0 Å². The third-order valence-electron chi connectivity index (χ3n) is 2.54. The van der Waals surface area contributed by atoms with Crippen molar-refractivity contribution >= 4 is 0 Å². The summed E-state index contributed by atoms with van der Waals surface area (Å²) in [7, 11) is 1.72. The molecule has 3 nitrogen and oxygen atoms in total. The summed E-state index contributed by atoms with van der Waals surface area (Å²) in [5, 5.41) is 9.66. The van der Waals surface area contributed by atoms with E-state index < -0.39 is 5.60 Å². The highest BCUT2D eigenvalue weighted by Crippen LogP contribution is 2.20. The van der Waals surface area contributed by atoms with Gasteiger partial charge >= 0.3 is 0 Å². The molecule has 0 aromatic carbocycles. The Kier molecular flexibility index (Phi) is 7.15. The smallest absolute Gasteiger partial charge is 0.0644 e. The van der Waals surface area contributed by atoms with E-state index in [0.717, 1.165) is 39.1 Å². The standard InChI is InChI=1S/C9H19NO2.C2H6/c1-9(11)3-5-10(6-4-9)7-8-12-2;1-2/h11H,3-8H2,1-2H3;1-2H3. The summed E-state index contributed by atoms with van der Waals surface area (Å²) in [6.45, 7) is 9.70. The van der Waals surface area contributed by atoms with Crippen LogP contribution in [-0.4, -0.2) is 49.0 Å². The number of aliphatic hydroxyl groups is 1. The highest BCUT2D eigenvalue weighted by Gasteiger charge is 2.26. The highest BCUT2D eigenvalue weighted by molar-refractivity contribution is 4.81. The fourth-order valence-electron chi connectivity index (χ4n) is 1.48. The van der Waals surface area contributed by atoms with E-state index in [1.165, 1.54) is 0 Å². The van der Waals surface area contributed by atoms with Crippen LogP contribution in [0.2, 0.25) is 0 Å². The molecular weight excluding hydrogens is 178 g/mol. The Bertz CT molecular complexity index is 127. The molecule has 0 unspecified atom stereocenters. The molecule has 0 aromatic rings. The van der Waals surface area contributed by atoms with E-state index in [4.69, 9.17) is 4.74 Å². The number of hydrogen-bond acceptors (Lipinski definition) is 3. The van der Waals surface area contributed by atoms with Gasteiger partial charge in [0.2, 0.25) is 0 Å². The lowest BCUT2D eigenvalue weighted by molar-refractivity contribution is -0.0101. The summed E-state index contributed by atoms with van der Waals surface area (Å²) in [4.78, 5) is 2.33. The van der Waals surface area contributed by atoms with Gasteiger partial charge in [0.15, 0.2) is 0 Å². The van der Waals surface area contributed by atoms with E-state index in [2.05, 4.69) is 4.90 Å². The van der Waals surface area contributed by atoms with E-state index in [1.807, 2.05) is 20.8 Å². The van der Waals surface area contributed by atoms with Gasteiger partial charge in [-0.3, -0.25) is 0 Å². The van der Waals surface area contributed by atoms with Gasteiger partial charge in [-0.1, -0.05) is 13.8 Å². The Balaban J connectivity index is 0.000000791. The average molecular weight is 203 g/mol. The summed E-state index contributed by atoms with van der Waals surface area (Å²) in [5.41, 5.74) is -0.427. The van der Waals surface area contributed by atoms with Crippen LogP contribution in [0.4, 0.5) is 0 Å². The van der Waals surface area contributed by atoms with Crippen molar-refractivity contribution in [2.75, 3.05) is 33.4 Å². The fraction of sp³-hybridized carbons (Fsp3) is 1.00. The van der Waals surface area contributed by atoms with Gasteiger partial charge in [-0.15, -0.1) is 0 Å². The molecule has 1 fully saturated rings. The second-order valence-corrected chi connectivity index (χ2v) is 3.83. The molecule has 0 bridgehead atoms. The van der Waals surface area contributed by atoms with Crippen molar-refractivity contribution in [3.8, 4) is 0 Å². The summed E-state index contributed by atoms with van der Waals surface area (Å²) >= 11 is 0. The van der Waals surface area contributed by atoms with E-state index in [9.17, 15) is 5.11 Å². The maximum absolute atomic E-state index is 9.66. The second kappa shape index (κ2) is 7.21. The summed E-state index contributed by atoms with van der Waals surface area (Å²) < 4.78 is 4.99. The first-order chi connectivity index (χ1) is 6.64. The predicted molar refractivity (Wildman–Crippen MR) is 59.5 cm³/mol. The topological polar surface area (TPSA) is 32.7 Å². The number of nitrogens with zero attached hydrogens (tertiary/aromatic N) is 1. The molecule has 1 aliphatic rings.